The maximum absolute atomic E-state index is 14.8. The Morgan fingerprint density at radius 3 is 2.33 bits per heavy atom. The minimum absolute atomic E-state index is 0.0994. The lowest BCUT2D eigenvalue weighted by Gasteiger charge is -2.22. The van der Waals surface area contributed by atoms with Crippen molar-refractivity contribution in [3.8, 4) is 0 Å². The second kappa shape index (κ2) is 9.32. The summed E-state index contributed by atoms with van der Waals surface area (Å²) in [6.07, 6.45) is 0.386. The molecule has 3 heterocycles. The number of nitrogens with one attached hydrogen (secondary N) is 1. The Morgan fingerprint density at radius 1 is 0.889 bits per heavy atom. The number of halogens is 1. The summed E-state index contributed by atoms with van der Waals surface area (Å²) in [5.41, 5.74) is 2.62. The number of aromatic amines is 1. The first-order valence-corrected chi connectivity index (χ1v) is 12.4. The van der Waals surface area contributed by atoms with Gasteiger partial charge in [-0.2, -0.15) is 5.10 Å². The number of amides is 1. The molecular formula is C29H27FN4O2. The predicted octanol–water partition coefficient (Wildman–Crippen LogP) is 3.86. The third kappa shape index (κ3) is 4.31. The second-order valence-corrected chi connectivity index (χ2v) is 9.95. The molecule has 0 saturated carbocycles. The van der Waals surface area contributed by atoms with Crippen molar-refractivity contribution < 1.29 is 9.18 Å². The lowest BCUT2D eigenvalue weighted by Crippen LogP contribution is -2.33. The van der Waals surface area contributed by atoms with Gasteiger partial charge in [-0.3, -0.25) is 14.5 Å². The number of hydrogen-bond acceptors (Lipinski definition) is 4. The molecule has 1 amide bonds. The summed E-state index contributed by atoms with van der Waals surface area (Å²) in [6, 6.07) is 22.4. The third-order valence-corrected chi connectivity index (χ3v) is 7.51. The van der Waals surface area contributed by atoms with Gasteiger partial charge in [-0.05, 0) is 41.2 Å². The number of nitrogens with zero attached hydrogens (tertiary/aromatic N) is 3. The van der Waals surface area contributed by atoms with E-state index in [-0.39, 0.29) is 17.0 Å². The molecule has 0 spiro atoms. The molecule has 1 unspecified atom stereocenters. The lowest BCUT2D eigenvalue weighted by molar-refractivity contribution is 0.0768. The maximum atomic E-state index is 14.8. The Hall–Kier alpha value is -3.84. The van der Waals surface area contributed by atoms with Crippen molar-refractivity contribution in [3.05, 3.63) is 111 Å². The number of fused-ring (bicyclic) bond motifs is 2. The number of benzene rings is 3. The van der Waals surface area contributed by atoms with Crippen molar-refractivity contribution in [2.24, 2.45) is 11.8 Å². The first-order valence-electron chi connectivity index (χ1n) is 12.4. The quantitative estimate of drug-likeness (QED) is 0.469. The number of H-pyrrole nitrogens is 1. The van der Waals surface area contributed by atoms with Crippen LogP contribution in [-0.2, 0) is 13.0 Å². The van der Waals surface area contributed by atoms with Crippen LogP contribution in [0.1, 0.15) is 27.2 Å². The zero-order valence-electron chi connectivity index (χ0n) is 19.9. The molecule has 1 N–H and O–H groups in total. The van der Waals surface area contributed by atoms with Crippen LogP contribution in [-0.4, -0.2) is 52.1 Å². The molecule has 182 valence electrons. The molecule has 6 rings (SSSR count). The van der Waals surface area contributed by atoms with Crippen molar-refractivity contribution in [1.82, 2.24) is 20.0 Å². The molecule has 0 aliphatic carbocycles. The van der Waals surface area contributed by atoms with Gasteiger partial charge in [0, 0.05) is 44.5 Å². The maximum Gasteiger partial charge on any atom is 0.272 e. The van der Waals surface area contributed by atoms with Crippen molar-refractivity contribution in [3.63, 3.8) is 0 Å². The molecule has 2 saturated heterocycles. The van der Waals surface area contributed by atoms with Crippen LogP contribution in [0.5, 0.6) is 0 Å². The number of rotatable bonds is 5. The molecule has 0 bridgehead atoms. The molecule has 2 aliphatic heterocycles. The van der Waals surface area contributed by atoms with E-state index >= 15 is 0 Å². The van der Waals surface area contributed by atoms with E-state index in [9.17, 15) is 14.0 Å². The van der Waals surface area contributed by atoms with Crippen molar-refractivity contribution in [1.29, 1.82) is 0 Å². The van der Waals surface area contributed by atoms with Gasteiger partial charge in [-0.25, -0.2) is 9.49 Å². The lowest BCUT2D eigenvalue weighted by atomic mass is 10.0. The molecule has 2 fully saturated rings. The molecule has 1 aromatic heterocycles. The van der Waals surface area contributed by atoms with Crippen LogP contribution in [0.25, 0.3) is 10.8 Å². The summed E-state index contributed by atoms with van der Waals surface area (Å²) < 4.78 is 14.8. The highest BCUT2D eigenvalue weighted by atomic mass is 19.1. The fraction of sp³-hybridized carbons (Fsp3) is 0.276. The number of hydrogen-bond donors (Lipinski definition) is 1. The van der Waals surface area contributed by atoms with Crippen LogP contribution in [0.2, 0.25) is 0 Å². The van der Waals surface area contributed by atoms with Crippen molar-refractivity contribution in [2.45, 2.75) is 13.0 Å². The number of carbonyl (C=O) groups is 1. The molecule has 36 heavy (non-hydrogen) atoms. The van der Waals surface area contributed by atoms with E-state index in [1.54, 1.807) is 18.2 Å². The van der Waals surface area contributed by atoms with Gasteiger partial charge in [0.2, 0.25) is 0 Å². The van der Waals surface area contributed by atoms with Crippen LogP contribution in [0.15, 0.2) is 77.6 Å². The van der Waals surface area contributed by atoms with E-state index in [0.29, 0.717) is 42.4 Å². The minimum Gasteiger partial charge on any atom is -0.338 e. The van der Waals surface area contributed by atoms with E-state index in [1.165, 1.54) is 11.6 Å². The standard InChI is InChI=1S/C29H27FN4O2/c30-26-11-10-20(13-27-23-8-4-5-9-24(23)28(35)32-31-27)12-25(26)29(36)34-17-21-15-33(16-22(21)18-34)14-19-6-2-1-3-7-19/h1-12,21-22H,13-18H2,(H,32,35)/t21-,22?/m0/s1. The van der Waals surface area contributed by atoms with Crippen LogP contribution >= 0.6 is 0 Å². The summed E-state index contributed by atoms with van der Waals surface area (Å²) in [5.74, 6) is 0.0738. The Balaban J connectivity index is 1.16. The zero-order valence-corrected chi connectivity index (χ0v) is 19.9. The first kappa shape index (κ1) is 22.6. The molecule has 2 aliphatic rings. The average Bonchev–Trinajstić information content (AvgIpc) is 3.46. The largest absolute Gasteiger partial charge is 0.338 e. The highest BCUT2D eigenvalue weighted by molar-refractivity contribution is 5.95. The molecule has 2 atom stereocenters. The topological polar surface area (TPSA) is 69.3 Å². The number of aromatic nitrogens is 2. The Morgan fingerprint density at radius 2 is 1.58 bits per heavy atom. The van der Waals surface area contributed by atoms with Crippen LogP contribution in [0.4, 0.5) is 4.39 Å². The zero-order chi connectivity index (χ0) is 24.6. The Bertz CT molecular complexity index is 1470. The fourth-order valence-electron chi connectivity index (χ4n) is 5.74. The summed E-state index contributed by atoms with van der Waals surface area (Å²) in [5, 5.41) is 8.08. The van der Waals surface area contributed by atoms with Crippen LogP contribution < -0.4 is 5.56 Å². The molecule has 3 aromatic carbocycles. The molecule has 4 aromatic rings. The smallest absolute Gasteiger partial charge is 0.272 e. The molecule has 0 radical (unpaired) electrons. The van der Waals surface area contributed by atoms with Gasteiger partial charge in [0.1, 0.15) is 5.82 Å². The van der Waals surface area contributed by atoms with Gasteiger partial charge >= 0.3 is 0 Å². The highest BCUT2D eigenvalue weighted by Crippen LogP contribution is 2.33. The van der Waals surface area contributed by atoms with E-state index in [2.05, 4.69) is 39.4 Å². The van der Waals surface area contributed by atoms with E-state index < -0.39 is 5.82 Å². The first-order chi connectivity index (χ1) is 17.5. The van der Waals surface area contributed by atoms with Gasteiger partial charge in [0.25, 0.3) is 11.5 Å². The summed E-state index contributed by atoms with van der Waals surface area (Å²) in [4.78, 5) is 29.7. The highest BCUT2D eigenvalue weighted by Gasteiger charge is 2.42. The van der Waals surface area contributed by atoms with E-state index in [0.717, 1.165) is 30.6 Å². The van der Waals surface area contributed by atoms with Gasteiger partial charge in [0.05, 0.1) is 16.6 Å². The van der Waals surface area contributed by atoms with Crippen molar-refractivity contribution in [2.75, 3.05) is 26.2 Å². The summed E-state index contributed by atoms with van der Waals surface area (Å²) in [6.45, 7) is 4.15. The van der Waals surface area contributed by atoms with Gasteiger partial charge < -0.3 is 4.90 Å². The third-order valence-electron chi connectivity index (χ3n) is 7.51. The number of carbonyl (C=O) groups excluding carboxylic acids is 1. The predicted molar refractivity (Wildman–Crippen MR) is 136 cm³/mol. The normalized spacial score (nSPS) is 19.6. The van der Waals surface area contributed by atoms with Crippen LogP contribution in [0.3, 0.4) is 0 Å². The molecular weight excluding hydrogens is 455 g/mol. The van der Waals surface area contributed by atoms with Crippen LogP contribution in [0, 0.1) is 17.7 Å². The molecule has 6 nitrogen and oxygen atoms in total. The van der Waals surface area contributed by atoms with Crippen molar-refractivity contribution >= 4 is 16.7 Å². The van der Waals surface area contributed by atoms with Gasteiger partial charge in [0.15, 0.2) is 0 Å². The SMILES string of the molecule is O=C(c1cc(Cc2n[nH]c(=O)c3ccccc23)ccc1F)N1CC2CN(Cc3ccccc3)C[C@H]2C1. The summed E-state index contributed by atoms with van der Waals surface area (Å²) >= 11 is 0. The Kier molecular flexibility index (Phi) is 5.85. The molecule has 7 heteroatoms. The Labute approximate surface area is 208 Å². The van der Waals surface area contributed by atoms with E-state index in [1.807, 2.05) is 29.2 Å². The second-order valence-electron chi connectivity index (χ2n) is 9.95. The average molecular weight is 483 g/mol. The van der Waals surface area contributed by atoms with Gasteiger partial charge in [-0.15, -0.1) is 0 Å². The fourth-order valence-corrected chi connectivity index (χ4v) is 5.74. The number of likely N-dealkylation sites (tertiary alicyclic amines) is 2. The van der Waals surface area contributed by atoms with Gasteiger partial charge in [-0.1, -0.05) is 54.6 Å². The monoisotopic (exact) mass is 482 g/mol. The van der Waals surface area contributed by atoms with E-state index in [4.69, 9.17) is 0 Å². The summed E-state index contributed by atoms with van der Waals surface area (Å²) in [7, 11) is 0. The minimum atomic E-state index is -0.509.